The standard InChI is InChI=1S/C19H23N3O6S3/c23-18(2-1-9-20-19(24)14-7-10-29-12-14)21-15-3-5-17(6-4-15)31(27,28)22-16-8-11-30(25,26)13-16/h3-7,10,12,16,22H,1-2,8-9,11,13H2,(H,20,24)(H,21,23). The molecule has 3 N–H and O–H groups in total. The van der Waals surface area contributed by atoms with E-state index in [-0.39, 0.29) is 41.1 Å². The number of carbonyl (C=O) groups excluding carboxylic acids is 2. The first kappa shape index (κ1) is 23.4. The summed E-state index contributed by atoms with van der Waals surface area (Å²) in [5, 5.41) is 8.98. The van der Waals surface area contributed by atoms with Crippen LogP contribution >= 0.6 is 11.3 Å². The van der Waals surface area contributed by atoms with Crippen molar-refractivity contribution in [2.24, 2.45) is 0 Å². The van der Waals surface area contributed by atoms with Gasteiger partial charge in [0.25, 0.3) is 5.91 Å². The van der Waals surface area contributed by atoms with Crippen LogP contribution in [0.4, 0.5) is 5.69 Å². The van der Waals surface area contributed by atoms with Crippen molar-refractivity contribution in [3.8, 4) is 0 Å². The van der Waals surface area contributed by atoms with Crippen molar-refractivity contribution in [3.05, 3.63) is 46.7 Å². The molecule has 1 saturated heterocycles. The first-order chi connectivity index (χ1) is 14.6. The minimum atomic E-state index is -3.85. The number of thiophene rings is 1. The number of carbonyl (C=O) groups is 2. The van der Waals surface area contributed by atoms with Gasteiger partial charge in [-0.2, -0.15) is 11.3 Å². The van der Waals surface area contributed by atoms with Crippen molar-refractivity contribution in [3.63, 3.8) is 0 Å². The molecule has 9 nitrogen and oxygen atoms in total. The Kier molecular flexibility index (Phi) is 7.46. The number of rotatable bonds is 9. The largest absolute Gasteiger partial charge is 0.352 e. The molecule has 0 spiro atoms. The third-order valence-electron chi connectivity index (χ3n) is 4.65. The van der Waals surface area contributed by atoms with Crippen molar-refractivity contribution in [1.82, 2.24) is 10.0 Å². The molecule has 0 saturated carbocycles. The zero-order chi connectivity index (χ0) is 22.5. The Hall–Kier alpha value is -2.28. The highest BCUT2D eigenvalue weighted by atomic mass is 32.2. The van der Waals surface area contributed by atoms with Gasteiger partial charge in [-0.05, 0) is 48.6 Å². The second-order valence-electron chi connectivity index (χ2n) is 7.17. The first-order valence-corrected chi connectivity index (χ1v) is 13.8. The third kappa shape index (κ3) is 6.86. The van der Waals surface area contributed by atoms with Gasteiger partial charge in [0.15, 0.2) is 9.84 Å². The zero-order valence-corrected chi connectivity index (χ0v) is 19.0. The van der Waals surface area contributed by atoms with Crippen LogP contribution in [0, 0.1) is 0 Å². The summed E-state index contributed by atoms with van der Waals surface area (Å²) in [6, 6.07) is 6.73. The Balaban J connectivity index is 1.44. The van der Waals surface area contributed by atoms with E-state index in [9.17, 15) is 26.4 Å². The van der Waals surface area contributed by atoms with Crippen molar-refractivity contribution in [2.45, 2.75) is 30.2 Å². The highest BCUT2D eigenvalue weighted by Gasteiger charge is 2.31. The summed E-state index contributed by atoms with van der Waals surface area (Å²) in [6.45, 7) is 0.363. The number of sulfonamides is 1. The Labute approximate surface area is 185 Å². The van der Waals surface area contributed by atoms with Gasteiger partial charge in [0, 0.05) is 35.6 Å². The lowest BCUT2D eigenvalue weighted by Gasteiger charge is -2.12. The van der Waals surface area contributed by atoms with Crippen LogP contribution < -0.4 is 15.4 Å². The van der Waals surface area contributed by atoms with Crippen LogP contribution in [0.2, 0.25) is 0 Å². The SMILES string of the molecule is O=C(CCCNC(=O)c1ccsc1)Nc1ccc(S(=O)(=O)NC2CCS(=O)(=O)C2)cc1. The molecular formula is C19H23N3O6S3. The van der Waals surface area contributed by atoms with E-state index in [4.69, 9.17) is 0 Å². The van der Waals surface area contributed by atoms with E-state index in [0.717, 1.165) is 0 Å². The Morgan fingerprint density at radius 2 is 1.87 bits per heavy atom. The molecule has 2 aromatic rings. The predicted molar refractivity (Wildman–Crippen MR) is 118 cm³/mol. The fraction of sp³-hybridized carbons (Fsp3) is 0.368. The van der Waals surface area contributed by atoms with Crippen LogP contribution in [0.25, 0.3) is 0 Å². The van der Waals surface area contributed by atoms with Gasteiger partial charge in [0.1, 0.15) is 0 Å². The van der Waals surface area contributed by atoms with Gasteiger partial charge in [-0.15, -0.1) is 0 Å². The highest BCUT2D eigenvalue weighted by Crippen LogP contribution is 2.18. The molecule has 1 aromatic heterocycles. The van der Waals surface area contributed by atoms with Crippen LogP contribution in [0.3, 0.4) is 0 Å². The zero-order valence-electron chi connectivity index (χ0n) is 16.5. The molecule has 1 aliphatic rings. The van der Waals surface area contributed by atoms with Crippen LogP contribution in [-0.2, 0) is 24.7 Å². The first-order valence-electron chi connectivity index (χ1n) is 9.58. The monoisotopic (exact) mass is 485 g/mol. The molecular weight excluding hydrogens is 462 g/mol. The minimum Gasteiger partial charge on any atom is -0.352 e. The summed E-state index contributed by atoms with van der Waals surface area (Å²) in [7, 11) is -7.04. The van der Waals surface area contributed by atoms with Gasteiger partial charge < -0.3 is 10.6 Å². The minimum absolute atomic E-state index is 0.00839. The van der Waals surface area contributed by atoms with Gasteiger partial charge >= 0.3 is 0 Å². The van der Waals surface area contributed by atoms with Gasteiger partial charge in [0.2, 0.25) is 15.9 Å². The summed E-state index contributed by atoms with van der Waals surface area (Å²) >= 11 is 1.43. The molecule has 168 valence electrons. The average Bonchev–Trinajstić information content (AvgIpc) is 3.35. The van der Waals surface area contributed by atoms with E-state index < -0.39 is 25.9 Å². The molecule has 1 atom stereocenters. The van der Waals surface area contributed by atoms with E-state index in [1.165, 1.54) is 35.6 Å². The molecule has 0 radical (unpaired) electrons. The molecule has 1 fully saturated rings. The van der Waals surface area contributed by atoms with Gasteiger partial charge in [-0.25, -0.2) is 21.6 Å². The number of amides is 2. The van der Waals surface area contributed by atoms with E-state index in [1.54, 1.807) is 11.4 Å². The molecule has 2 amide bonds. The van der Waals surface area contributed by atoms with E-state index in [0.29, 0.717) is 24.2 Å². The topological polar surface area (TPSA) is 139 Å². The van der Waals surface area contributed by atoms with E-state index in [1.807, 2.05) is 5.38 Å². The van der Waals surface area contributed by atoms with Gasteiger partial charge in [-0.3, -0.25) is 9.59 Å². The fourth-order valence-electron chi connectivity index (χ4n) is 3.06. The summed E-state index contributed by atoms with van der Waals surface area (Å²) in [5.74, 6) is -0.659. The molecule has 1 aromatic carbocycles. The summed E-state index contributed by atoms with van der Waals surface area (Å²) in [4.78, 5) is 23.8. The highest BCUT2D eigenvalue weighted by molar-refractivity contribution is 7.92. The number of benzene rings is 1. The van der Waals surface area contributed by atoms with Crippen LogP contribution in [-0.4, -0.2) is 52.7 Å². The van der Waals surface area contributed by atoms with Crippen molar-refractivity contribution >= 4 is 48.7 Å². The Morgan fingerprint density at radius 3 is 2.48 bits per heavy atom. The predicted octanol–water partition coefficient (Wildman–Crippen LogP) is 1.36. The lowest BCUT2D eigenvalue weighted by molar-refractivity contribution is -0.116. The van der Waals surface area contributed by atoms with Crippen molar-refractivity contribution < 1.29 is 26.4 Å². The van der Waals surface area contributed by atoms with Crippen LogP contribution in [0.5, 0.6) is 0 Å². The molecule has 1 unspecified atom stereocenters. The van der Waals surface area contributed by atoms with Crippen molar-refractivity contribution in [2.75, 3.05) is 23.4 Å². The molecule has 0 bridgehead atoms. The molecule has 3 rings (SSSR count). The normalized spacial score (nSPS) is 17.9. The number of hydrogen-bond acceptors (Lipinski definition) is 7. The third-order valence-corrected chi connectivity index (χ3v) is 8.64. The Bertz CT molecular complexity index is 1130. The lowest BCUT2D eigenvalue weighted by atomic mass is 10.2. The van der Waals surface area contributed by atoms with Gasteiger partial charge in [0.05, 0.1) is 16.4 Å². The molecule has 12 heteroatoms. The fourth-order valence-corrected chi connectivity index (χ4v) is 6.75. The second kappa shape index (κ2) is 9.90. The van der Waals surface area contributed by atoms with E-state index >= 15 is 0 Å². The molecule has 31 heavy (non-hydrogen) atoms. The quantitative estimate of drug-likeness (QED) is 0.459. The molecule has 1 aliphatic heterocycles. The number of hydrogen-bond donors (Lipinski definition) is 3. The number of nitrogens with one attached hydrogen (secondary N) is 3. The maximum absolute atomic E-state index is 12.4. The Morgan fingerprint density at radius 1 is 1.13 bits per heavy atom. The lowest BCUT2D eigenvalue weighted by Crippen LogP contribution is -2.35. The van der Waals surface area contributed by atoms with E-state index in [2.05, 4.69) is 15.4 Å². The number of anilines is 1. The maximum Gasteiger partial charge on any atom is 0.252 e. The summed E-state index contributed by atoms with van der Waals surface area (Å²) in [6.07, 6.45) is 0.910. The maximum atomic E-state index is 12.4. The average molecular weight is 486 g/mol. The van der Waals surface area contributed by atoms with Crippen LogP contribution in [0.1, 0.15) is 29.6 Å². The second-order valence-corrected chi connectivity index (χ2v) is 11.9. The molecule has 0 aliphatic carbocycles. The summed E-state index contributed by atoms with van der Waals surface area (Å²) < 4.78 is 50.2. The molecule has 2 heterocycles. The number of sulfone groups is 1. The van der Waals surface area contributed by atoms with Crippen molar-refractivity contribution in [1.29, 1.82) is 0 Å². The smallest absolute Gasteiger partial charge is 0.252 e. The van der Waals surface area contributed by atoms with Crippen LogP contribution in [0.15, 0.2) is 46.0 Å². The summed E-state index contributed by atoms with van der Waals surface area (Å²) in [5.41, 5.74) is 1.03. The van der Waals surface area contributed by atoms with Gasteiger partial charge in [-0.1, -0.05) is 0 Å².